The van der Waals surface area contributed by atoms with Crippen LogP contribution in [0.15, 0.2) is 41.7 Å². The molecule has 0 aromatic heterocycles. The first-order valence-corrected chi connectivity index (χ1v) is 6.12. The molecule has 94 valence electrons. The van der Waals surface area contributed by atoms with E-state index in [2.05, 4.69) is 21.3 Å². The van der Waals surface area contributed by atoms with Crippen molar-refractivity contribution in [3.8, 4) is 0 Å². The summed E-state index contributed by atoms with van der Waals surface area (Å²) in [6.45, 7) is 6.09. The van der Waals surface area contributed by atoms with Crippen LogP contribution >= 0.6 is 0 Å². The number of fused-ring (bicyclic) bond motifs is 3. The minimum Gasteiger partial charge on any atom is -0.472 e. The average Bonchev–Trinajstić information content (AvgIpc) is 2.76. The Morgan fingerprint density at radius 3 is 2.83 bits per heavy atom. The van der Waals surface area contributed by atoms with E-state index in [1.165, 1.54) is 0 Å². The predicted molar refractivity (Wildman–Crippen MR) is 72.9 cm³/mol. The molecule has 1 N–H and O–H groups in total. The second-order valence-corrected chi connectivity index (χ2v) is 5.45. The first kappa shape index (κ1) is 11.1. The number of hydrogen-bond acceptors (Lipinski definition) is 4. The normalized spacial score (nSPS) is 20.9. The van der Waals surface area contributed by atoms with Gasteiger partial charge in [-0.25, -0.2) is 4.99 Å². The molecule has 1 unspecified atom stereocenters. The Balaban J connectivity index is 2.03. The van der Waals surface area contributed by atoms with Crippen molar-refractivity contribution in [1.82, 2.24) is 5.32 Å². The second-order valence-electron chi connectivity index (χ2n) is 5.45. The molecule has 4 nitrogen and oxygen atoms in total. The van der Waals surface area contributed by atoms with E-state index in [1.54, 1.807) is 0 Å². The van der Waals surface area contributed by atoms with Gasteiger partial charge in [-0.15, -0.1) is 0 Å². The minimum atomic E-state index is -0.249. The van der Waals surface area contributed by atoms with Crippen molar-refractivity contribution in [2.45, 2.75) is 32.5 Å². The Labute approximate surface area is 107 Å². The fourth-order valence-corrected chi connectivity index (χ4v) is 2.14. The molecule has 1 aromatic carbocycles. The summed E-state index contributed by atoms with van der Waals surface area (Å²) in [5.74, 6) is 0.714. The predicted octanol–water partition coefficient (Wildman–Crippen LogP) is 2.75. The van der Waals surface area contributed by atoms with E-state index >= 15 is 0 Å². The molecule has 1 aromatic rings. The molecule has 0 spiro atoms. The van der Waals surface area contributed by atoms with Crippen molar-refractivity contribution in [3.63, 3.8) is 0 Å². The quantitative estimate of drug-likeness (QED) is 0.761. The fourth-order valence-electron chi connectivity index (χ4n) is 2.14. The van der Waals surface area contributed by atoms with E-state index in [0.717, 1.165) is 11.4 Å². The topological polar surface area (TPSA) is 36.9 Å². The van der Waals surface area contributed by atoms with Crippen molar-refractivity contribution < 1.29 is 4.74 Å². The van der Waals surface area contributed by atoms with Crippen molar-refractivity contribution in [3.05, 3.63) is 36.7 Å². The highest BCUT2D eigenvalue weighted by Crippen LogP contribution is 2.36. The van der Waals surface area contributed by atoms with Crippen LogP contribution in [0.2, 0.25) is 0 Å². The van der Waals surface area contributed by atoms with Crippen molar-refractivity contribution in [2.24, 2.45) is 4.99 Å². The first-order chi connectivity index (χ1) is 8.54. The van der Waals surface area contributed by atoms with Crippen molar-refractivity contribution in [2.75, 3.05) is 4.90 Å². The molecule has 18 heavy (non-hydrogen) atoms. The molecule has 0 aliphatic carbocycles. The number of benzene rings is 1. The van der Waals surface area contributed by atoms with Crippen LogP contribution in [0.3, 0.4) is 0 Å². The third-order valence-corrected chi connectivity index (χ3v) is 2.80. The van der Waals surface area contributed by atoms with Gasteiger partial charge in [0, 0.05) is 12.4 Å². The summed E-state index contributed by atoms with van der Waals surface area (Å²) < 4.78 is 5.96. The molecule has 0 amide bonds. The van der Waals surface area contributed by atoms with E-state index in [9.17, 15) is 0 Å². The lowest BCUT2D eigenvalue weighted by molar-refractivity contribution is 0.109. The van der Waals surface area contributed by atoms with Gasteiger partial charge in [-0.2, -0.15) is 0 Å². The van der Waals surface area contributed by atoms with Gasteiger partial charge in [0.05, 0.1) is 11.4 Å². The molecule has 0 saturated carbocycles. The van der Waals surface area contributed by atoms with E-state index in [1.807, 2.05) is 51.4 Å². The maximum atomic E-state index is 5.96. The third kappa shape index (κ3) is 1.83. The SMILES string of the molecule is CC(C)(C)OC1=Nc2ccccc2N2C=CNC12. The Morgan fingerprint density at radius 1 is 1.28 bits per heavy atom. The average molecular weight is 243 g/mol. The lowest BCUT2D eigenvalue weighted by atomic mass is 10.1. The lowest BCUT2D eigenvalue weighted by Gasteiger charge is -2.34. The van der Waals surface area contributed by atoms with Crippen LogP contribution < -0.4 is 10.2 Å². The largest absolute Gasteiger partial charge is 0.472 e. The highest BCUT2D eigenvalue weighted by atomic mass is 16.5. The van der Waals surface area contributed by atoms with Gasteiger partial charge in [-0.05, 0) is 32.9 Å². The second kappa shape index (κ2) is 3.77. The van der Waals surface area contributed by atoms with Crippen LogP contribution in [0.25, 0.3) is 0 Å². The van der Waals surface area contributed by atoms with Crippen LogP contribution in [0.5, 0.6) is 0 Å². The van der Waals surface area contributed by atoms with Gasteiger partial charge in [0.15, 0.2) is 6.17 Å². The Hall–Kier alpha value is -1.97. The Bertz CT molecular complexity index is 528. The molecule has 2 heterocycles. The van der Waals surface area contributed by atoms with Crippen LogP contribution in [0.1, 0.15) is 20.8 Å². The Morgan fingerprint density at radius 2 is 2.06 bits per heavy atom. The van der Waals surface area contributed by atoms with Gasteiger partial charge in [0.1, 0.15) is 5.60 Å². The smallest absolute Gasteiger partial charge is 0.234 e. The lowest BCUT2D eigenvalue weighted by Crippen LogP contribution is -2.47. The summed E-state index contributed by atoms with van der Waals surface area (Å²) in [7, 11) is 0. The summed E-state index contributed by atoms with van der Waals surface area (Å²) in [6, 6.07) is 8.08. The Kier molecular flexibility index (Phi) is 2.33. The summed E-state index contributed by atoms with van der Waals surface area (Å²) in [4.78, 5) is 6.77. The van der Waals surface area contributed by atoms with E-state index in [-0.39, 0.29) is 11.8 Å². The van der Waals surface area contributed by atoms with Crippen LogP contribution in [0.4, 0.5) is 11.4 Å². The minimum absolute atomic E-state index is 0.0286. The summed E-state index contributed by atoms with van der Waals surface area (Å²) in [5.41, 5.74) is 1.80. The highest BCUT2D eigenvalue weighted by Gasteiger charge is 2.34. The van der Waals surface area contributed by atoms with Crippen molar-refractivity contribution in [1.29, 1.82) is 0 Å². The van der Waals surface area contributed by atoms with Crippen LogP contribution in [0, 0.1) is 0 Å². The molecule has 3 rings (SSSR count). The number of para-hydroxylation sites is 2. The summed E-state index contributed by atoms with van der Waals surface area (Å²) in [5, 5.41) is 3.26. The number of ether oxygens (including phenoxy) is 1. The van der Waals surface area contributed by atoms with Crippen molar-refractivity contribution >= 4 is 17.3 Å². The maximum Gasteiger partial charge on any atom is 0.234 e. The van der Waals surface area contributed by atoms with Crippen LogP contribution in [-0.2, 0) is 4.74 Å². The highest BCUT2D eigenvalue weighted by molar-refractivity contribution is 5.94. The maximum absolute atomic E-state index is 5.96. The van der Waals surface area contributed by atoms with Gasteiger partial charge < -0.3 is 15.0 Å². The number of anilines is 1. The van der Waals surface area contributed by atoms with E-state index in [0.29, 0.717) is 5.90 Å². The molecule has 4 heteroatoms. The third-order valence-electron chi connectivity index (χ3n) is 2.80. The monoisotopic (exact) mass is 243 g/mol. The van der Waals surface area contributed by atoms with Gasteiger partial charge in [-0.1, -0.05) is 12.1 Å². The molecule has 1 atom stereocenters. The molecular weight excluding hydrogens is 226 g/mol. The zero-order valence-corrected chi connectivity index (χ0v) is 10.8. The fraction of sp³-hybridized carbons (Fsp3) is 0.357. The molecule has 0 radical (unpaired) electrons. The molecule has 0 bridgehead atoms. The molecule has 2 aliphatic heterocycles. The zero-order valence-electron chi connectivity index (χ0n) is 10.8. The number of aliphatic imine (C=N–C) groups is 1. The molecule has 2 aliphatic rings. The first-order valence-electron chi connectivity index (χ1n) is 6.12. The number of rotatable bonds is 0. The van der Waals surface area contributed by atoms with E-state index < -0.39 is 0 Å². The summed E-state index contributed by atoms with van der Waals surface area (Å²) >= 11 is 0. The molecular formula is C14H17N3O. The van der Waals surface area contributed by atoms with E-state index in [4.69, 9.17) is 4.74 Å². The zero-order chi connectivity index (χ0) is 12.8. The van der Waals surface area contributed by atoms with Gasteiger partial charge in [-0.3, -0.25) is 0 Å². The molecule has 0 fully saturated rings. The number of hydrogen-bond donors (Lipinski definition) is 1. The number of nitrogens with one attached hydrogen (secondary N) is 1. The van der Waals surface area contributed by atoms with Crippen LogP contribution in [-0.4, -0.2) is 17.7 Å². The van der Waals surface area contributed by atoms with Gasteiger partial charge in [0.25, 0.3) is 0 Å². The van der Waals surface area contributed by atoms with Gasteiger partial charge in [0.2, 0.25) is 5.90 Å². The summed E-state index contributed by atoms with van der Waals surface area (Å²) in [6.07, 6.45) is 3.91. The van der Waals surface area contributed by atoms with Gasteiger partial charge >= 0.3 is 0 Å². The standard InChI is InChI=1S/C14H17N3O/c1-14(2,3)18-13-12-15-8-9-17(12)11-7-5-4-6-10(11)16-13/h4-9,12,15H,1-3H3. The molecule has 0 saturated heterocycles. The number of nitrogens with zero attached hydrogens (tertiary/aromatic N) is 2.